The van der Waals surface area contributed by atoms with Gasteiger partial charge in [-0.05, 0) is 22.6 Å². The number of nitrogens with zero attached hydrogens (tertiary/aromatic N) is 2. The first-order valence-electron chi connectivity index (χ1n) is 6.19. The molecule has 0 aliphatic rings. The summed E-state index contributed by atoms with van der Waals surface area (Å²) in [6, 6.07) is 11.6. The van der Waals surface area contributed by atoms with E-state index in [1.807, 2.05) is 41.8 Å². The molecule has 2 aromatic heterocycles. The van der Waals surface area contributed by atoms with Crippen LogP contribution in [0.15, 0.2) is 54.2 Å². The van der Waals surface area contributed by atoms with Crippen molar-refractivity contribution in [2.45, 2.75) is 0 Å². The van der Waals surface area contributed by atoms with Crippen LogP contribution in [-0.4, -0.2) is 26.1 Å². The van der Waals surface area contributed by atoms with E-state index < -0.39 is 0 Å². The third-order valence-electron chi connectivity index (χ3n) is 2.86. The highest BCUT2D eigenvalue weighted by molar-refractivity contribution is 7.12. The highest BCUT2D eigenvalue weighted by Crippen LogP contribution is 2.26. The van der Waals surface area contributed by atoms with Crippen LogP contribution in [0.4, 0.5) is 0 Å². The summed E-state index contributed by atoms with van der Waals surface area (Å²) in [7, 11) is 0. The predicted octanol–water partition coefficient (Wildman–Crippen LogP) is 3.32. The number of aromatic nitrogens is 3. The molecule has 1 aromatic carbocycles. The van der Waals surface area contributed by atoms with Gasteiger partial charge in [-0.15, -0.1) is 11.3 Å². The SMILES string of the molecule is O=C(C=C(O)c1nc[nH]n1)c1cc(-c2ccccc2)cs1. The number of allylic oxidation sites excluding steroid dienone is 1. The van der Waals surface area contributed by atoms with Crippen LogP contribution in [0.25, 0.3) is 16.9 Å². The van der Waals surface area contributed by atoms with Crippen LogP contribution in [0.3, 0.4) is 0 Å². The molecular formula is C15H11N3O2S. The summed E-state index contributed by atoms with van der Waals surface area (Å²) in [6.07, 6.45) is 2.46. The molecule has 6 heteroatoms. The molecule has 3 aromatic rings. The Balaban J connectivity index is 1.84. The van der Waals surface area contributed by atoms with Crippen molar-refractivity contribution < 1.29 is 9.90 Å². The number of nitrogens with one attached hydrogen (secondary N) is 1. The van der Waals surface area contributed by atoms with Crippen LogP contribution in [-0.2, 0) is 0 Å². The molecule has 0 atom stereocenters. The molecule has 0 unspecified atom stereocenters. The number of aromatic amines is 1. The van der Waals surface area contributed by atoms with Crippen molar-refractivity contribution in [1.82, 2.24) is 15.2 Å². The lowest BCUT2D eigenvalue weighted by molar-refractivity contribution is 0.104. The molecule has 0 aliphatic carbocycles. The zero-order valence-corrected chi connectivity index (χ0v) is 11.7. The number of rotatable bonds is 4. The number of aliphatic hydroxyl groups is 1. The number of ketones is 1. The molecule has 3 rings (SSSR count). The van der Waals surface area contributed by atoms with Crippen molar-refractivity contribution in [3.63, 3.8) is 0 Å². The smallest absolute Gasteiger partial charge is 0.215 e. The van der Waals surface area contributed by atoms with Crippen LogP contribution in [0.5, 0.6) is 0 Å². The van der Waals surface area contributed by atoms with Gasteiger partial charge in [-0.1, -0.05) is 30.3 Å². The monoisotopic (exact) mass is 297 g/mol. The molecule has 0 fully saturated rings. The summed E-state index contributed by atoms with van der Waals surface area (Å²) in [5, 5.41) is 17.9. The van der Waals surface area contributed by atoms with Gasteiger partial charge in [0.25, 0.3) is 0 Å². The van der Waals surface area contributed by atoms with Crippen molar-refractivity contribution in [1.29, 1.82) is 0 Å². The maximum Gasteiger partial charge on any atom is 0.215 e. The Bertz CT molecular complexity index is 776. The van der Waals surface area contributed by atoms with E-state index in [0.29, 0.717) is 4.88 Å². The lowest BCUT2D eigenvalue weighted by Crippen LogP contribution is -1.94. The number of benzene rings is 1. The van der Waals surface area contributed by atoms with E-state index in [1.54, 1.807) is 0 Å². The van der Waals surface area contributed by atoms with Gasteiger partial charge >= 0.3 is 0 Å². The van der Waals surface area contributed by atoms with Gasteiger partial charge in [0.05, 0.1) is 4.88 Å². The van der Waals surface area contributed by atoms with E-state index in [-0.39, 0.29) is 17.4 Å². The van der Waals surface area contributed by atoms with Gasteiger partial charge in [0, 0.05) is 6.08 Å². The van der Waals surface area contributed by atoms with Crippen LogP contribution in [0.2, 0.25) is 0 Å². The molecule has 104 valence electrons. The first-order valence-corrected chi connectivity index (χ1v) is 7.07. The average Bonchev–Trinajstić information content (AvgIpc) is 3.20. The van der Waals surface area contributed by atoms with Crippen LogP contribution < -0.4 is 0 Å². The van der Waals surface area contributed by atoms with Gasteiger partial charge in [0.2, 0.25) is 5.82 Å². The number of hydrogen-bond acceptors (Lipinski definition) is 5. The molecule has 21 heavy (non-hydrogen) atoms. The number of carbonyl (C=O) groups excluding carboxylic acids is 1. The van der Waals surface area contributed by atoms with Crippen LogP contribution in [0.1, 0.15) is 15.5 Å². The minimum absolute atomic E-state index is 0.100. The van der Waals surface area contributed by atoms with Gasteiger partial charge in [-0.25, -0.2) is 4.98 Å². The summed E-state index contributed by atoms with van der Waals surface area (Å²) in [6.45, 7) is 0. The van der Waals surface area contributed by atoms with Gasteiger partial charge in [0.15, 0.2) is 11.5 Å². The molecule has 0 amide bonds. The van der Waals surface area contributed by atoms with E-state index in [1.165, 1.54) is 17.7 Å². The second-order valence-corrected chi connectivity index (χ2v) is 5.19. The molecule has 0 bridgehead atoms. The fraction of sp³-hybridized carbons (Fsp3) is 0. The largest absolute Gasteiger partial charge is 0.504 e. The minimum atomic E-state index is -0.274. The third-order valence-corrected chi connectivity index (χ3v) is 3.81. The zero-order chi connectivity index (χ0) is 14.7. The molecule has 2 N–H and O–H groups in total. The Kier molecular flexibility index (Phi) is 3.61. The molecule has 0 saturated heterocycles. The molecule has 0 spiro atoms. The van der Waals surface area contributed by atoms with Gasteiger partial charge in [-0.2, -0.15) is 5.10 Å². The molecule has 5 nitrogen and oxygen atoms in total. The average molecular weight is 297 g/mol. The van der Waals surface area contributed by atoms with Crippen molar-refractivity contribution in [2.75, 3.05) is 0 Å². The first kappa shape index (κ1) is 13.3. The van der Waals surface area contributed by atoms with Crippen LogP contribution >= 0.6 is 11.3 Å². The summed E-state index contributed by atoms with van der Waals surface area (Å²) in [5.41, 5.74) is 2.03. The Labute approximate surface area is 124 Å². The predicted molar refractivity (Wildman–Crippen MR) is 81.1 cm³/mol. The maximum absolute atomic E-state index is 12.1. The number of thiophene rings is 1. The Morgan fingerprint density at radius 3 is 2.76 bits per heavy atom. The van der Waals surface area contributed by atoms with Gasteiger partial charge < -0.3 is 5.11 Å². The lowest BCUT2D eigenvalue weighted by Gasteiger charge is -1.95. The number of H-pyrrole nitrogens is 1. The molecular weight excluding hydrogens is 286 g/mol. The fourth-order valence-corrected chi connectivity index (χ4v) is 2.67. The Morgan fingerprint density at radius 2 is 2.05 bits per heavy atom. The van der Waals surface area contributed by atoms with E-state index in [4.69, 9.17) is 0 Å². The second-order valence-electron chi connectivity index (χ2n) is 4.28. The first-order chi connectivity index (χ1) is 10.2. The van der Waals surface area contributed by atoms with Crippen molar-refractivity contribution in [3.05, 3.63) is 64.9 Å². The number of hydrogen-bond donors (Lipinski definition) is 2. The fourth-order valence-electron chi connectivity index (χ4n) is 1.84. The second kappa shape index (κ2) is 5.72. The summed E-state index contributed by atoms with van der Waals surface area (Å²) in [5.74, 6) is -0.427. The van der Waals surface area contributed by atoms with Gasteiger partial charge in [-0.3, -0.25) is 9.89 Å². The number of carbonyl (C=O) groups is 1. The zero-order valence-electron chi connectivity index (χ0n) is 10.9. The van der Waals surface area contributed by atoms with E-state index in [9.17, 15) is 9.90 Å². The molecule has 0 saturated carbocycles. The topological polar surface area (TPSA) is 78.9 Å². The Hall–Kier alpha value is -2.73. The molecule has 0 radical (unpaired) electrons. The molecule has 2 heterocycles. The van der Waals surface area contributed by atoms with Crippen LogP contribution in [0, 0.1) is 0 Å². The van der Waals surface area contributed by atoms with Crippen molar-refractivity contribution in [3.8, 4) is 11.1 Å². The number of aliphatic hydroxyl groups excluding tert-OH is 1. The van der Waals surface area contributed by atoms with Gasteiger partial charge in [0.1, 0.15) is 6.33 Å². The quantitative estimate of drug-likeness (QED) is 0.440. The minimum Gasteiger partial charge on any atom is -0.504 e. The van der Waals surface area contributed by atoms with E-state index >= 15 is 0 Å². The standard InChI is InChI=1S/C15H11N3O2S/c19-12(7-13(20)15-16-9-17-18-15)14-6-11(8-21-14)10-4-2-1-3-5-10/h1-9,20H,(H,16,17,18). The molecule has 0 aliphatic heterocycles. The Morgan fingerprint density at radius 1 is 1.24 bits per heavy atom. The summed E-state index contributed by atoms with van der Waals surface area (Å²) in [4.78, 5) is 16.4. The third kappa shape index (κ3) is 2.90. The van der Waals surface area contributed by atoms with Crippen molar-refractivity contribution in [2.24, 2.45) is 0 Å². The van der Waals surface area contributed by atoms with E-state index in [0.717, 1.165) is 17.2 Å². The lowest BCUT2D eigenvalue weighted by atomic mass is 10.1. The normalized spacial score (nSPS) is 11.5. The highest BCUT2D eigenvalue weighted by Gasteiger charge is 2.11. The summed E-state index contributed by atoms with van der Waals surface area (Å²) < 4.78 is 0. The summed E-state index contributed by atoms with van der Waals surface area (Å²) >= 11 is 1.34. The van der Waals surface area contributed by atoms with E-state index in [2.05, 4.69) is 15.2 Å². The van der Waals surface area contributed by atoms with Crippen molar-refractivity contribution >= 4 is 22.9 Å². The maximum atomic E-state index is 12.1. The highest BCUT2D eigenvalue weighted by atomic mass is 32.1.